The van der Waals surface area contributed by atoms with Gasteiger partial charge in [0.2, 0.25) is 0 Å². The Hall–Kier alpha value is -3.08. The van der Waals surface area contributed by atoms with Gasteiger partial charge in [-0.3, -0.25) is 0 Å². The van der Waals surface area contributed by atoms with Crippen LogP contribution in [0.5, 0.6) is 5.75 Å². The van der Waals surface area contributed by atoms with Gasteiger partial charge in [-0.05, 0) is 48.2 Å². The summed E-state index contributed by atoms with van der Waals surface area (Å²) in [6, 6.07) is 4.33. The van der Waals surface area contributed by atoms with Gasteiger partial charge in [-0.1, -0.05) is 58.1 Å². The highest BCUT2D eigenvalue weighted by Crippen LogP contribution is 2.64. The van der Waals surface area contributed by atoms with E-state index < -0.39 is 98.2 Å². The van der Waals surface area contributed by atoms with E-state index >= 15 is 0 Å². The van der Waals surface area contributed by atoms with E-state index in [0.717, 1.165) is 0 Å². The number of hydrogen-bond acceptors (Lipinski definition) is 5. The van der Waals surface area contributed by atoms with Gasteiger partial charge < -0.3 is 19.0 Å². The normalized spacial score (nSPS) is 15.3. The molecule has 0 aromatic heterocycles. The molecule has 56 heavy (non-hydrogen) atoms. The number of carbonyl (C=O) groups is 1. The summed E-state index contributed by atoms with van der Waals surface area (Å²) in [7, 11) is -3.95. The van der Waals surface area contributed by atoms with Crippen LogP contribution < -0.4 is 4.74 Å². The summed E-state index contributed by atoms with van der Waals surface area (Å²) in [6.45, 7) is 9.35. The molecule has 0 unspecified atom stereocenters. The van der Waals surface area contributed by atoms with Crippen molar-refractivity contribution in [2.75, 3.05) is 19.8 Å². The van der Waals surface area contributed by atoms with E-state index in [1.165, 1.54) is 64.1 Å². The van der Waals surface area contributed by atoms with Crippen LogP contribution in [0.3, 0.4) is 0 Å². The zero-order valence-corrected chi connectivity index (χ0v) is 31.2. The molecule has 1 N–H and O–H groups in total. The van der Waals surface area contributed by atoms with Crippen LogP contribution in [-0.4, -0.2) is 86.8 Å². The Kier molecular flexibility index (Phi) is 16.2. The highest BCUT2D eigenvalue weighted by molar-refractivity contribution is 6.76. The zero-order valence-electron chi connectivity index (χ0n) is 30.2. The van der Waals surface area contributed by atoms with Crippen molar-refractivity contribution in [3.8, 4) is 5.75 Å². The number of esters is 1. The van der Waals surface area contributed by atoms with Crippen molar-refractivity contribution in [1.82, 2.24) is 0 Å². The average Bonchev–Trinajstić information content (AvgIpc) is 3.05. The van der Waals surface area contributed by atoms with E-state index in [1.54, 1.807) is 6.92 Å². The molecule has 0 fully saturated rings. The Morgan fingerprint density at radius 2 is 1.18 bits per heavy atom. The monoisotopic (exact) mass is 866 g/mol. The first-order chi connectivity index (χ1) is 25.1. The molecule has 0 aliphatic rings. The molecule has 0 saturated heterocycles. The van der Waals surface area contributed by atoms with Crippen LogP contribution in [0.2, 0.25) is 17.1 Å². The predicted molar refractivity (Wildman–Crippen MR) is 168 cm³/mol. The second-order valence-electron chi connectivity index (χ2n) is 13.3. The molecule has 5 nitrogen and oxygen atoms in total. The largest absolute Gasteiger partial charge is 0.491 e. The number of rotatable bonds is 22. The fourth-order valence-corrected chi connectivity index (χ4v) is 9.87. The summed E-state index contributed by atoms with van der Waals surface area (Å²) >= 11 is 0. The van der Waals surface area contributed by atoms with Gasteiger partial charge in [0.25, 0.3) is 0 Å². The van der Waals surface area contributed by atoms with Gasteiger partial charge in [0.15, 0.2) is 8.32 Å². The molecule has 0 spiro atoms. The van der Waals surface area contributed by atoms with Crippen LogP contribution >= 0.6 is 0 Å². The van der Waals surface area contributed by atoms with Crippen LogP contribution in [0.15, 0.2) is 48.6 Å². The molecular formula is C33H39F17O5Si. The van der Waals surface area contributed by atoms with Crippen LogP contribution in [0.25, 0.3) is 0 Å². The van der Waals surface area contributed by atoms with E-state index in [2.05, 4.69) is 6.58 Å². The van der Waals surface area contributed by atoms with Crippen molar-refractivity contribution < 1.29 is 98.4 Å². The lowest BCUT2D eigenvalue weighted by Crippen LogP contribution is -2.74. The first kappa shape index (κ1) is 50.9. The lowest BCUT2D eigenvalue weighted by atomic mass is 9.88. The minimum atomic E-state index is -8.68. The molecule has 0 radical (unpaired) electrons. The smallest absolute Gasteiger partial charge is 0.460 e. The topological polar surface area (TPSA) is 65.0 Å². The molecule has 0 bridgehead atoms. The number of alkyl halides is 17. The molecule has 324 valence electrons. The first-order valence-corrected chi connectivity index (χ1v) is 18.5. The van der Waals surface area contributed by atoms with Gasteiger partial charge in [0.05, 0.1) is 12.7 Å². The third-order valence-corrected chi connectivity index (χ3v) is 14.5. The van der Waals surface area contributed by atoms with E-state index in [9.17, 15) is 84.5 Å². The van der Waals surface area contributed by atoms with Gasteiger partial charge in [-0.25, -0.2) is 4.79 Å². The van der Waals surface area contributed by atoms with Gasteiger partial charge in [0, 0.05) is 12.5 Å². The number of ether oxygens (including phenoxy) is 2. The van der Waals surface area contributed by atoms with E-state index in [-0.39, 0.29) is 25.4 Å². The zero-order chi connectivity index (χ0) is 44.1. The van der Waals surface area contributed by atoms with Gasteiger partial charge in [-0.15, -0.1) is 0 Å². The van der Waals surface area contributed by atoms with Crippen LogP contribution in [0.4, 0.5) is 74.6 Å². The molecule has 1 aromatic carbocycles. The summed E-state index contributed by atoms with van der Waals surface area (Å²) in [5.74, 6) is -57.2. The van der Waals surface area contributed by atoms with E-state index in [4.69, 9.17) is 13.9 Å². The summed E-state index contributed by atoms with van der Waals surface area (Å²) in [5, 5.41) is 10.5. The van der Waals surface area contributed by atoms with Crippen molar-refractivity contribution >= 4 is 14.3 Å². The van der Waals surface area contributed by atoms with Crippen LogP contribution in [0, 0.1) is 0 Å². The number of carbonyl (C=O) groups excluding carboxylic acids is 1. The Bertz CT molecular complexity index is 1490. The van der Waals surface area contributed by atoms with Gasteiger partial charge in [-0.2, -0.15) is 74.6 Å². The summed E-state index contributed by atoms with van der Waals surface area (Å²) < 4.78 is 250. The molecular weight excluding hydrogens is 827 g/mol. The summed E-state index contributed by atoms with van der Waals surface area (Å²) in [6.07, 6.45) is -8.89. The number of aliphatic hydroxyl groups excluding tert-OH is 1. The van der Waals surface area contributed by atoms with Gasteiger partial charge >= 0.3 is 53.6 Å². The molecule has 0 heterocycles. The maximum atomic E-state index is 14.8. The van der Waals surface area contributed by atoms with Crippen LogP contribution in [0.1, 0.15) is 59.1 Å². The number of benzene rings is 1. The van der Waals surface area contributed by atoms with Crippen LogP contribution in [-0.2, 0) is 14.0 Å². The standard InChI is InChI=1S/C33H39F17O5Si/c1-7-13-54-25(52)18-21(6)17-24(51)22-8-10-23(11-9-22)53-14-15-55-56(19(2)3,20(4)5)16-12-26(34,35)27(36,37)28(38,39)29(40,41)30(42,43)31(44,45)32(46,47)33(48,49)50/h7-11,18-20,24,51H,1,12-17H2,2-6H3/b21-18+/t24-/m1/s1. The predicted octanol–water partition coefficient (Wildman–Crippen LogP) is 11.3. The first-order valence-electron chi connectivity index (χ1n) is 16.3. The molecule has 1 atom stereocenters. The Morgan fingerprint density at radius 3 is 1.61 bits per heavy atom. The second kappa shape index (κ2) is 17.8. The highest BCUT2D eigenvalue weighted by Gasteiger charge is 2.95. The average molecular weight is 867 g/mol. The molecule has 0 aliphatic carbocycles. The Balaban J connectivity index is 3.18. The second-order valence-corrected chi connectivity index (χ2v) is 18.3. The lowest BCUT2D eigenvalue weighted by molar-refractivity contribution is -0.461. The van der Waals surface area contributed by atoms with E-state index in [1.807, 2.05) is 0 Å². The molecule has 1 aromatic rings. The number of hydrogen-bond donors (Lipinski definition) is 1. The van der Waals surface area contributed by atoms with Crippen molar-refractivity contribution in [3.63, 3.8) is 0 Å². The van der Waals surface area contributed by atoms with E-state index in [0.29, 0.717) is 11.1 Å². The third kappa shape index (κ3) is 9.95. The van der Waals surface area contributed by atoms with Crippen molar-refractivity contribution in [2.45, 2.75) is 118 Å². The molecule has 0 saturated carbocycles. The molecule has 1 rings (SSSR count). The molecule has 0 amide bonds. The van der Waals surface area contributed by atoms with Crippen molar-refractivity contribution in [3.05, 3.63) is 54.1 Å². The number of aliphatic hydroxyl groups is 1. The maximum absolute atomic E-state index is 14.8. The SMILES string of the molecule is C=CCOC(=O)/C=C(\C)C[C@@H](O)c1ccc(OCCO[Si](CCC(F)(F)C(F)(F)C(F)(F)C(F)(F)C(F)(F)C(F)(F)C(F)(F)C(F)(F)F)(C(C)C)C(C)C)cc1. The summed E-state index contributed by atoms with van der Waals surface area (Å²) in [4.78, 5) is 11.7. The molecule has 0 aliphatic heterocycles. The Labute approximate surface area is 311 Å². The summed E-state index contributed by atoms with van der Waals surface area (Å²) in [5.41, 5.74) is -0.865. The Morgan fingerprint density at radius 1 is 0.732 bits per heavy atom. The highest BCUT2D eigenvalue weighted by atomic mass is 28.4. The quantitative estimate of drug-likeness (QED) is 0.0314. The lowest BCUT2D eigenvalue weighted by Gasteiger charge is -2.44. The van der Waals surface area contributed by atoms with Crippen molar-refractivity contribution in [1.29, 1.82) is 0 Å². The van der Waals surface area contributed by atoms with Crippen molar-refractivity contribution in [2.24, 2.45) is 0 Å². The fraction of sp³-hybridized carbons (Fsp3) is 0.667. The maximum Gasteiger partial charge on any atom is 0.460 e. The fourth-order valence-electron chi connectivity index (χ4n) is 5.40. The number of halogens is 17. The van der Waals surface area contributed by atoms with Gasteiger partial charge in [0.1, 0.15) is 19.0 Å². The molecule has 23 heteroatoms. The minimum absolute atomic E-state index is 0.0223. The third-order valence-electron chi connectivity index (χ3n) is 8.78. The minimum Gasteiger partial charge on any atom is -0.491 e.